The maximum absolute atomic E-state index is 13.9. The predicted octanol–water partition coefficient (Wildman–Crippen LogP) is 5.27. The number of rotatable bonds is 9. The van der Waals surface area contributed by atoms with Gasteiger partial charge in [-0.3, -0.25) is 14.5 Å². The molecule has 0 aliphatic carbocycles. The fraction of sp³-hybridized carbons (Fsp3) is 0.375. The number of amides is 2. The quantitative estimate of drug-likeness (QED) is 0.332. The third-order valence-corrected chi connectivity index (χ3v) is 8.09. The second-order valence-electron chi connectivity index (χ2n) is 10.9. The van der Waals surface area contributed by atoms with Gasteiger partial charge < -0.3 is 14.8 Å². The largest absolute Gasteiger partial charge is 0.493 e. The van der Waals surface area contributed by atoms with Gasteiger partial charge in [0.15, 0.2) is 11.5 Å². The molecule has 2 atom stereocenters. The van der Waals surface area contributed by atoms with Crippen LogP contribution in [0.3, 0.4) is 0 Å². The van der Waals surface area contributed by atoms with E-state index in [0.29, 0.717) is 62.3 Å². The van der Waals surface area contributed by atoms with Gasteiger partial charge in [0.05, 0.1) is 30.9 Å². The number of carbonyl (C=O) groups is 2. The second-order valence-corrected chi connectivity index (χ2v) is 10.9. The van der Waals surface area contributed by atoms with Crippen molar-refractivity contribution in [2.75, 3.05) is 38.9 Å². The van der Waals surface area contributed by atoms with Crippen molar-refractivity contribution in [1.29, 1.82) is 0 Å². The van der Waals surface area contributed by atoms with Crippen LogP contribution in [0.2, 0.25) is 0 Å². The normalized spacial score (nSPS) is 19.2. The number of hydrazine groups is 1. The van der Waals surface area contributed by atoms with Crippen LogP contribution >= 0.6 is 0 Å². The lowest BCUT2D eigenvalue weighted by Crippen LogP contribution is -2.46. The Bertz CT molecular complexity index is 1520. The molecule has 2 heterocycles. The number of halogens is 4. The molecular weight excluding hydrogens is 580 g/mol. The van der Waals surface area contributed by atoms with Gasteiger partial charge in [-0.2, -0.15) is 13.2 Å². The van der Waals surface area contributed by atoms with Gasteiger partial charge in [-0.05, 0) is 66.9 Å². The SMILES string of the molecule is CCOc1ccc(CNC(=O)c2ccc(CN3CCC4C(C3)C(=O)N(c3ccc(F)c(C(F)(F)F)c3)N4C)cc2)cc1OC. The summed E-state index contributed by atoms with van der Waals surface area (Å²) in [5.41, 5.74) is 0.917. The Balaban J connectivity index is 1.18. The number of nitrogens with zero attached hydrogens (tertiary/aromatic N) is 3. The molecule has 8 nitrogen and oxygen atoms in total. The summed E-state index contributed by atoms with van der Waals surface area (Å²) < 4.78 is 64.7. The van der Waals surface area contributed by atoms with Gasteiger partial charge in [-0.1, -0.05) is 18.2 Å². The summed E-state index contributed by atoms with van der Waals surface area (Å²) in [7, 11) is 3.23. The van der Waals surface area contributed by atoms with E-state index in [1.807, 2.05) is 37.3 Å². The zero-order chi connectivity index (χ0) is 31.6. The van der Waals surface area contributed by atoms with Crippen LogP contribution in [0.15, 0.2) is 60.7 Å². The van der Waals surface area contributed by atoms with Gasteiger partial charge >= 0.3 is 6.18 Å². The number of hydrogen-bond acceptors (Lipinski definition) is 6. The number of likely N-dealkylation sites (tertiary alicyclic amines) is 1. The van der Waals surface area contributed by atoms with E-state index in [-0.39, 0.29) is 23.5 Å². The molecule has 1 N–H and O–H groups in total. The Labute approximate surface area is 253 Å². The standard InChI is InChI=1S/C32H34F4N4O4/c1-4-44-28-12-7-21(15-29(28)43-3)17-37-30(41)22-8-5-20(6-9-22)18-39-14-13-27-24(19-39)31(42)40(38(27)2)23-10-11-26(33)25(16-23)32(34,35)36/h5-12,15-16,24,27H,4,13-14,17-19H2,1-3H3,(H,37,41). The van der Waals surface area contributed by atoms with Crippen LogP contribution in [0, 0.1) is 11.7 Å². The van der Waals surface area contributed by atoms with Gasteiger partial charge in [-0.25, -0.2) is 14.4 Å². The molecule has 2 aliphatic rings. The number of benzene rings is 3. The summed E-state index contributed by atoms with van der Waals surface area (Å²) in [6, 6.07) is 15.2. The topological polar surface area (TPSA) is 74.4 Å². The van der Waals surface area contributed by atoms with Crippen LogP contribution < -0.4 is 19.8 Å². The predicted molar refractivity (Wildman–Crippen MR) is 156 cm³/mol. The molecule has 3 aromatic carbocycles. The third-order valence-electron chi connectivity index (χ3n) is 8.09. The minimum Gasteiger partial charge on any atom is -0.493 e. The lowest BCUT2D eigenvalue weighted by Gasteiger charge is -2.35. The molecule has 2 unspecified atom stereocenters. The van der Waals surface area contributed by atoms with Crippen LogP contribution in [0.5, 0.6) is 11.5 Å². The van der Waals surface area contributed by atoms with E-state index >= 15 is 0 Å². The first-order valence-electron chi connectivity index (χ1n) is 14.3. The van der Waals surface area contributed by atoms with E-state index in [0.717, 1.165) is 17.2 Å². The van der Waals surface area contributed by atoms with Gasteiger partial charge in [0.25, 0.3) is 5.91 Å². The van der Waals surface area contributed by atoms with E-state index in [1.165, 1.54) is 11.1 Å². The average molecular weight is 615 g/mol. The minimum atomic E-state index is -4.87. The van der Waals surface area contributed by atoms with Crippen molar-refractivity contribution in [2.45, 2.75) is 38.7 Å². The van der Waals surface area contributed by atoms with Crippen molar-refractivity contribution in [2.24, 2.45) is 5.92 Å². The third kappa shape index (κ3) is 6.51. The molecular formula is C32H34F4N4O4. The number of alkyl halides is 3. The van der Waals surface area contributed by atoms with Crippen LogP contribution in [-0.4, -0.2) is 61.6 Å². The highest BCUT2D eigenvalue weighted by molar-refractivity contribution is 5.97. The smallest absolute Gasteiger partial charge is 0.419 e. The first kappa shape index (κ1) is 31.3. The monoisotopic (exact) mass is 614 g/mol. The fourth-order valence-electron chi connectivity index (χ4n) is 5.87. The van der Waals surface area contributed by atoms with E-state index in [2.05, 4.69) is 10.2 Å². The van der Waals surface area contributed by atoms with Gasteiger partial charge in [0, 0.05) is 44.8 Å². The molecule has 0 radical (unpaired) electrons. The fourth-order valence-corrected chi connectivity index (χ4v) is 5.87. The zero-order valence-corrected chi connectivity index (χ0v) is 24.7. The molecule has 0 aromatic heterocycles. The highest BCUT2D eigenvalue weighted by atomic mass is 19.4. The molecule has 3 aromatic rings. The number of nitrogens with one attached hydrogen (secondary N) is 1. The molecule has 12 heteroatoms. The van der Waals surface area contributed by atoms with Crippen LogP contribution in [0.1, 0.15) is 40.4 Å². The molecule has 44 heavy (non-hydrogen) atoms. The van der Waals surface area contributed by atoms with E-state index < -0.39 is 23.5 Å². The van der Waals surface area contributed by atoms with Crippen molar-refractivity contribution in [3.05, 3.63) is 88.7 Å². The highest BCUT2D eigenvalue weighted by Crippen LogP contribution is 2.38. The van der Waals surface area contributed by atoms with E-state index in [9.17, 15) is 27.2 Å². The summed E-state index contributed by atoms with van der Waals surface area (Å²) >= 11 is 0. The number of fused-ring (bicyclic) bond motifs is 1. The zero-order valence-electron chi connectivity index (χ0n) is 24.7. The van der Waals surface area contributed by atoms with Gasteiger partial charge in [-0.15, -0.1) is 0 Å². The molecule has 2 amide bonds. The summed E-state index contributed by atoms with van der Waals surface area (Å²) in [5.74, 6) is -1.13. The maximum atomic E-state index is 13.9. The van der Waals surface area contributed by atoms with Crippen molar-refractivity contribution in [3.8, 4) is 11.5 Å². The molecule has 0 spiro atoms. The summed E-state index contributed by atoms with van der Waals surface area (Å²) in [6.07, 6.45) is -4.24. The Kier molecular flexibility index (Phi) is 9.12. The Morgan fingerprint density at radius 1 is 1.02 bits per heavy atom. The van der Waals surface area contributed by atoms with Crippen LogP contribution in [0.4, 0.5) is 23.2 Å². The number of ether oxygens (including phenoxy) is 2. The number of carbonyl (C=O) groups excluding carboxylic acids is 2. The molecule has 234 valence electrons. The number of hydrogen-bond donors (Lipinski definition) is 1. The Hall–Kier alpha value is -4.16. The summed E-state index contributed by atoms with van der Waals surface area (Å²) in [5, 5.41) is 5.80. The minimum absolute atomic E-state index is 0.0114. The summed E-state index contributed by atoms with van der Waals surface area (Å²) in [4.78, 5) is 28.3. The number of anilines is 1. The molecule has 2 saturated heterocycles. The Morgan fingerprint density at radius 2 is 1.75 bits per heavy atom. The molecule has 0 bridgehead atoms. The van der Waals surface area contributed by atoms with Crippen molar-refractivity contribution >= 4 is 17.5 Å². The van der Waals surface area contributed by atoms with Gasteiger partial charge in [0.2, 0.25) is 5.91 Å². The maximum Gasteiger partial charge on any atom is 0.419 e. The van der Waals surface area contributed by atoms with Crippen molar-refractivity contribution in [3.63, 3.8) is 0 Å². The second kappa shape index (κ2) is 12.8. The number of piperidine rings is 1. The van der Waals surface area contributed by atoms with E-state index in [4.69, 9.17) is 9.47 Å². The lowest BCUT2D eigenvalue weighted by molar-refractivity contribution is -0.140. The van der Waals surface area contributed by atoms with Crippen LogP contribution in [-0.2, 0) is 24.1 Å². The lowest BCUT2D eigenvalue weighted by atomic mass is 9.92. The van der Waals surface area contributed by atoms with Crippen molar-refractivity contribution in [1.82, 2.24) is 15.2 Å². The first-order valence-corrected chi connectivity index (χ1v) is 14.3. The Morgan fingerprint density at radius 3 is 2.43 bits per heavy atom. The first-order chi connectivity index (χ1) is 21.0. The molecule has 5 rings (SSSR count). The highest BCUT2D eigenvalue weighted by Gasteiger charge is 2.48. The molecule has 0 saturated carbocycles. The molecule has 2 fully saturated rings. The van der Waals surface area contributed by atoms with E-state index in [1.54, 1.807) is 31.3 Å². The molecule has 2 aliphatic heterocycles. The summed E-state index contributed by atoms with van der Waals surface area (Å²) in [6.45, 7) is 4.36. The number of methoxy groups -OCH3 is 1. The van der Waals surface area contributed by atoms with Crippen molar-refractivity contribution < 1.29 is 36.6 Å². The average Bonchev–Trinajstić information content (AvgIpc) is 3.25. The van der Waals surface area contributed by atoms with Gasteiger partial charge in [0.1, 0.15) is 5.82 Å². The van der Waals surface area contributed by atoms with Crippen LogP contribution in [0.25, 0.3) is 0 Å².